The summed E-state index contributed by atoms with van der Waals surface area (Å²) in [7, 11) is 1.63. The summed E-state index contributed by atoms with van der Waals surface area (Å²) in [6.45, 7) is 1.83. The quantitative estimate of drug-likeness (QED) is 0.654. The highest BCUT2D eigenvalue weighted by Crippen LogP contribution is 2.32. The van der Waals surface area contributed by atoms with Gasteiger partial charge in [0.2, 0.25) is 11.0 Å². The smallest absolute Gasteiger partial charge is 0.234 e. The number of anilines is 2. The molecular formula is C19H23N5O2S2. The van der Waals surface area contributed by atoms with E-state index < -0.39 is 5.54 Å². The van der Waals surface area contributed by atoms with Crippen molar-refractivity contribution in [3.63, 3.8) is 0 Å². The molecule has 0 aliphatic heterocycles. The van der Waals surface area contributed by atoms with Gasteiger partial charge in [-0.05, 0) is 44.0 Å². The Balaban J connectivity index is 1.56. The first kappa shape index (κ1) is 20.4. The van der Waals surface area contributed by atoms with Crippen molar-refractivity contribution in [2.45, 2.75) is 54.2 Å². The molecule has 0 bridgehead atoms. The molecule has 1 aromatic carbocycles. The molecule has 0 saturated heterocycles. The second-order valence-corrected chi connectivity index (χ2v) is 9.30. The van der Waals surface area contributed by atoms with Gasteiger partial charge in [0.25, 0.3) is 0 Å². The van der Waals surface area contributed by atoms with E-state index in [2.05, 4.69) is 26.9 Å². The van der Waals surface area contributed by atoms with Gasteiger partial charge < -0.3 is 15.4 Å². The molecule has 3 rings (SSSR count). The molecule has 2 N–H and O–H groups in total. The number of nitrogens with zero attached hydrogens (tertiary/aromatic N) is 3. The Morgan fingerprint density at radius 1 is 1.29 bits per heavy atom. The number of hydrogen-bond donors (Lipinski definition) is 2. The first-order chi connectivity index (χ1) is 13.5. The van der Waals surface area contributed by atoms with Gasteiger partial charge in [0, 0.05) is 5.69 Å². The largest absolute Gasteiger partial charge is 0.497 e. The lowest BCUT2D eigenvalue weighted by Gasteiger charge is -2.32. The second-order valence-electron chi connectivity index (χ2n) is 6.73. The molecule has 1 heterocycles. The van der Waals surface area contributed by atoms with Gasteiger partial charge in [0.1, 0.15) is 11.3 Å². The molecule has 0 unspecified atom stereocenters. The lowest BCUT2D eigenvalue weighted by Crippen LogP contribution is -2.50. The van der Waals surface area contributed by atoms with Gasteiger partial charge in [-0.15, -0.1) is 10.2 Å². The van der Waals surface area contributed by atoms with Crippen LogP contribution in [-0.2, 0) is 4.79 Å². The standard InChI is InChI=1S/C19H23N5O2S2/c1-13(16(25)22-19(12-20)10-4-3-5-11-19)27-18-24-23-17(28-18)21-14-6-8-15(26-2)9-7-14/h6-9,13H,3-5,10-11H2,1-2H3,(H,21,23)(H,22,25)/t13-/m0/s1. The molecule has 1 aliphatic carbocycles. The lowest BCUT2D eigenvalue weighted by atomic mass is 9.83. The van der Waals surface area contributed by atoms with Crippen molar-refractivity contribution in [3.8, 4) is 11.8 Å². The molecular weight excluding hydrogens is 394 g/mol. The minimum absolute atomic E-state index is 0.131. The van der Waals surface area contributed by atoms with Crippen LogP contribution in [0.4, 0.5) is 10.8 Å². The van der Waals surface area contributed by atoms with E-state index in [0.717, 1.165) is 43.5 Å². The average Bonchev–Trinajstić information content (AvgIpc) is 3.16. The second kappa shape index (κ2) is 9.26. The summed E-state index contributed by atoms with van der Waals surface area (Å²) in [6.07, 6.45) is 4.53. The molecule has 7 nitrogen and oxygen atoms in total. The molecule has 1 aliphatic rings. The predicted molar refractivity (Wildman–Crippen MR) is 111 cm³/mol. The zero-order chi connectivity index (χ0) is 20.0. The summed E-state index contributed by atoms with van der Waals surface area (Å²) in [6, 6.07) is 9.84. The van der Waals surface area contributed by atoms with E-state index in [9.17, 15) is 10.1 Å². The molecule has 9 heteroatoms. The Bertz CT molecular complexity index is 841. The number of methoxy groups -OCH3 is 1. The highest BCUT2D eigenvalue weighted by Gasteiger charge is 2.35. The van der Waals surface area contributed by atoms with Crippen LogP contribution in [0.25, 0.3) is 0 Å². The van der Waals surface area contributed by atoms with Crippen molar-refractivity contribution in [1.29, 1.82) is 5.26 Å². The van der Waals surface area contributed by atoms with E-state index in [-0.39, 0.29) is 11.2 Å². The molecule has 0 radical (unpaired) electrons. The Labute approximate surface area is 172 Å². The van der Waals surface area contributed by atoms with Crippen molar-refractivity contribution < 1.29 is 9.53 Å². The van der Waals surface area contributed by atoms with E-state index in [1.807, 2.05) is 31.2 Å². The number of aromatic nitrogens is 2. The Hall–Kier alpha value is -2.31. The van der Waals surface area contributed by atoms with Gasteiger partial charge in [-0.2, -0.15) is 5.26 Å². The number of benzene rings is 1. The fraction of sp³-hybridized carbons (Fsp3) is 0.474. The average molecular weight is 418 g/mol. The highest BCUT2D eigenvalue weighted by molar-refractivity contribution is 8.02. The Kier molecular flexibility index (Phi) is 6.75. The first-order valence-electron chi connectivity index (χ1n) is 9.18. The third-order valence-electron chi connectivity index (χ3n) is 4.68. The molecule has 1 atom stereocenters. The van der Waals surface area contributed by atoms with Crippen molar-refractivity contribution >= 4 is 39.8 Å². The third kappa shape index (κ3) is 5.14. The summed E-state index contributed by atoms with van der Waals surface area (Å²) >= 11 is 2.74. The Morgan fingerprint density at radius 3 is 2.64 bits per heavy atom. The summed E-state index contributed by atoms with van der Waals surface area (Å²) in [5, 5.41) is 24.3. The minimum Gasteiger partial charge on any atom is -0.497 e. The molecule has 1 amide bonds. The van der Waals surface area contributed by atoms with E-state index in [4.69, 9.17) is 4.74 Å². The molecule has 1 aromatic heterocycles. The number of ether oxygens (including phenoxy) is 1. The molecule has 1 saturated carbocycles. The van der Waals surface area contributed by atoms with Crippen molar-refractivity contribution in [3.05, 3.63) is 24.3 Å². The summed E-state index contributed by atoms with van der Waals surface area (Å²) < 4.78 is 5.85. The number of carbonyl (C=O) groups is 1. The zero-order valence-corrected chi connectivity index (χ0v) is 17.5. The fourth-order valence-electron chi connectivity index (χ4n) is 3.07. The third-order valence-corrected chi connectivity index (χ3v) is 6.70. The topological polar surface area (TPSA) is 99.9 Å². The van der Waals surface area contributed by atoms with Gasteiger partial charge in [-0.1, -0.05) is 42.4 Å². The minimum atomic E-state index is -0.716. The number of carbonyl (C=O) groups excluding carboxylic acids is 1. The molecule has 1 fully saturated rings. The molecule has 0 spiro atoms. The molecule has 2 aromatic rings. The van der Waals surface area contributed by atoms with Crippen LogP contribution in [-0.4, -0.2) is 34.0 Å². The maximum atomic E-state index is 12.6. The van der Waals surface area contributed by atoms with E-state index in [1.54, 1.807) is 7.11 Å². The van der Waals surface area contributed by atoms with Gasteiger partial charge in [-0.25, -0.2) is 0 Å². The normalized spacial score (nSPS) is 16.6. The summed E-state index contributed by atoms with van der Waals surface area (Å²) in [5.41, 5.74) is 0.166. The monoisotopic (exact) mass is 417 g/mol. The number of nitriles is 1. The van der Waals surface area contributed by atoms with Gasteiger partial charge in [0.05, 0.1) is 18.4 Å². The zero-order valence-electron chi connectivity index (χ0n) is 15.9. The summed E-state index contributed by atoms with van der Waals surface area (Å²) in [5.74, 6) is 0.653. The van der Waals surface area contributed by atoms with Crippen LogP contribution in [0.1, 0.15) is 39.0 Å². The van der Waals surface area contributed by atoms with Crippen LogP contribution >= 0.6 is 23.1 Å². The number of hydrogen-bond acceptors (Lipinski definition) is 8. The van der Waals surface area contributed by atoms with Crippen LogP contribution in [0.5, 0.6) is 5.75 Å². The van der Waals surface area contributed by atoms with E-state index in [1.165, 1.54) is 23.1 Å². The number of amides is 1. The number of rotatable bonds is 7. The lowest BCUT2D eigenvalue weighted by molar-refractivity contribution is -0.121. The highest BCUT2D eigenvalue weighted by atomic mass is 32.2. The molecule has 148 valence electrons. The maximum Gasteiger partial charge on any atom is 0.234 e. The summed E-state index contributed by atoms with van der Waals surface area (Å²) in [4.78, 5) is 12.6. The van der Waals surface area contributed by atoms with Crippen LogP contribution in [0, 0.1) is 11.3 Å². The van der Waals surface area contributed by atoms with Crippen LogP contribution in [0.3, 0.4) is 0 Å². The predicted octanol–water partition coefficient (Wildman–Crippen LogP) is 4.11. The van der Waals surface area contributed by atoms with Gasteiger partial charge in [0.15, 0.2) is 4.34 Å². The van der Waals surface area contributed by atoms with Gasteiger partial charge >= 0.3 is 0 Å². The van der Waals surface area contributed by atoms with Crippen LogP contribution < -0.4 is 15.4 Å². The van der Waals surface area contributed by atoms with Crippen molar-refractivity contribution in [1.82, 2.24) is 15.5 Å². The molecule has 28 heavy (non-hydrogen) atoms. The number of nitrogens with one attached hydrogen (secondary N) is 2. The fourth-order valence-corrected chi connectivity index (χ4v) is 4.98. The van der Waals surface area contributed by atoms with Crippen LogP contribution in [0.15, 0.2) is 28.6 Å². The van der Waals surface area contributed by atoms with Crippen LogP contribution in [0.2, 0.25) is 0 Å². The van der Waals surface area contributed by atoms with Crippen molar-refractivity contribution in [2.75, 3.05) is 12.4 Å². The van der Waals surface area contributed by atoms with E-state index in [0.29, 0.717) is 9.47 Å². The van der Waals surface area contributed by atoms with E-state index >= 15 is 0 Å². The SMILES string of the molecule is COc1ccc(Nc2nnc(S[C@@H](C)C(=O)NC3(C#N)CCCCC3)s2)cc1. The van der Waals surface area contributed by atoms with Crippen molar-refractivity contribution in [2.24, 2.45) is 0 Å². The number of thioether (sulfide) groups is 1. The maximum absolute atomic E-state index is 12.6. The van der Waals surface area contributed by atoms with Gasteiger partial charge in [-0.3, -0.25) is 4.79 Å². The Morgan fingerprint density at radius 2 is 2.00 bits per heavy atom. The first-order valence-corrected chi connectivity index (χ1v) is 10.9.